The first kappa shape index (κ1) is 34.9. The molecular weight excluding hydrogens is 644 g/mol. The summed E-state index contributed by atoms with van der Waals surface area (Å²) in [5.74, 6) is -5.64. The number of carboxylic acid groups (broad SMARTS) is 1. The number of benzene rings is 2. The number of aliphatic carboxylic acids is 1. The normalized spacial score (nSPS) is 26.7. The third kappa shape index (κ3) is 7.05. The molecule has 46 heavy (non-hydrogen) atoms. The number of rotatable bonds is 9. The quantitative estimate of drug-likeness (QED) is 0.247. The monoisotopic (exact) mass is 676 g/mol. The molecule has 0 bridgehead atoms. The van der Waals surface area contributed by atoms with Gasteiger partial charge in [-0.2, -0.15) is 13.2 Å². The Labute approximate surface area is 260 Å². The van der Waals surface area contributed by atoms with Gasteiger partial charge in [-0.3, -0.25) is 14.4 Å². The molecule has 4 unspecified atom stereocenters. The van der Waals surface area contributed by atoms with E-state index in [1.807, 2.05) is 0 Å². The smallest absolute Gasteiger partial charge is 0.496 e. The molecule has 4 rings (SSSR count). The number of aliphatic hydroxyl groups excluding tert-OH is 2. The molecule has 5 N–H and O–H groups in total. The highest BCUT2D eigenvalue weighted by atomic mass is 32.2. The lowest BCUT2D eigenvalue weighted by Gasteiger charge is -2.34. The highest BCUT2D eigenvalue weighted by Gasteiger charge is 2.48. The Morgan fingerprint density at radius 1 is 1.04 bits per heavy atom. The predicted octanol–water partition coefficient (Wildman–Crippen LogP) is 3.02. The van der Waals surface area contributed by atoms with Crippen LogP contribution in [0.3, 0.4) is 0 Å². The Kier molecular flexibility index (Phi) is 9.89. The molecule has 2 aromatic rings. The minimum absolute atomic E-state index is 0.235. The summed E-state index contributed by atoms with van der Waals surface area (Å²) < 4.78 is 88.4. The lowest BCUT2D eigenvalue weighted by atomic mass is 9.75. The maximum Gasteiger partial charge on any atom is 0.501 e. The third-order valence-corrected chi connectivity index (χ3v) is 9.87. The van der Waals surface area contributed by atoms with Crippen LogP contribution in [0, 0.1) is 17.2 Å². The Morgan fingerprint density at radius 2 is 1.70 bits per heavy atom. The lowest BCUT2D eigenvalue weighted by Crippen LogP contribution is -2.48. The van der Waals surface area contributed by atoms with Crippen LogP contribution in [0.4, 0.5) is 23.2 Å². The molecule has 17 heteroatoms. The average molecular weight is 677 g/mol. The fourth-order valence-corrected chi connectivity index (χ4v) is 6.34. The van der Waals surface area contributed by atoms with Crippen molar-refractivity contribution in [1.29, 1.82) is 0 Å². The Morgan fingerprint density at radius 3 is 2.28 bits per heavy atom. The molecule has 2 aliphatic carbocycles. The first-order chi connectivity index (χ1) is 21.4. The van der Waals surface area contributed by atoms with E-state index in [4.69, 9.17) is 9.47 Å². The van der Waals surface area contributed by atoms with Crippen molar-refractivity contribution in [1.82, 2.24) is 5.32 Å². The second-order valence-corrected chi connectivity index (χ2v) is 13.5. The van der Waals surface area contributed by atoms with Crippen molar-refractivity contribution in [3.63, 3.8) is 0 Å². The number of amides is 2. The predicted molar refractivity (Wildman–Crippen MR) is 151 cm³/mol. The largest absolute Gasteiger partial charge is 0.501 e. The van der Waals surface area contributed by atoms with E-state index in [0.717, 1.165) is 31.4 Å². The number of alkyl halides is 3. The number of hydrogen-bond acceptors (Lipinski definition) is 9. The summed E-state index contributed by atoms with van der Waals surface area (Å²) in [5.41, 5.74) is -7.12. The van der Waals surface area contributed by atoms with Crippen molar-refractivity contribution in [3.05, 3.63) is 47.8 Å². The van der Waals surface area contributed by atoms with Gasteiger partial charge in [-0.15, -0.1) is 0 Å². The van der Waals surface area contributed by atoms with E-state index in [2.05, 4.69) is 10.6 Å². The standard InChI is InChI=1S/C29H32F4N2O10S/c1-28(27(40)41)8-6-15(7-9-28)45-22-12-17(21(44-2)13-19(22)30)25(38)35-23-18(11-20(36)24(23)37)26(39)34-14-4-3-5-16(10-14)46(42,43)29(31,32)33/h3-5,10,12-13,15,18,20,23-24,36-37H,6-9,11H2,1-2H3,(H,34,39)(H,35,38)(H,40,41). The van der Waals surface area contributed by atoms with E-state index >= 15 is 0 Å². The molecule has 4 atom stereocenters. The molecular formula is C29H32F4N2O10S. The number of anilines is 1. The summed E-state index contributed by atoms with van der Waals surface area (Å²) in [6.45, 7) is 1.61. The van der Waals surface area contributed by atoms with Crippen LogP contribution in [0.25, 0.3) is 0 Å². The van der Waals surface area contributed by atoms with E-state index in [1.54, 1.807) is 6.92 Å². The van der Waals surface area contributed by atoms with Crippen molar-refractivity contribution in [2.24, 2.45) is 11.3 Å². The number of carbonyl (C=O) groups is 3. The van der Waals surface area contributed by atoms with Gasteiger partial charge < -0.3 is 35.4 Å². The number of nitrogens with one attached hydrogen (secondary N) is 2. The van der Waals surface area contributed by atoms with Gasteiger partial charge in [-0.05, 0) is 63.3 Å². The number of carboxylic acids is 1. The second-order valence-electron chi connectivity index (χ2n) is 11.5. The first-order valence-electron chi connectivity index (χ1n) is 14.0. The lowest BCUT2D eigenvalue weighted by molar-refractivity contribution is -0.150. The van der Waals surface area contributed by atoms with Gasteiger partial charge in [-0.1, -0.05) is 6.07 Å². The number of aliphatic hydroxyl groups is 2. The van der Waals surface area contributed by atoms with Crippen LogP contribution in [-0.2, 0) is 19.4 Å². The zero-order chi connectivity index (χ0) is 34.2. The first-order valence-corrected chi connectivity index (χ1v) is 15.5. The number of halogens is 4. The summed E-state index contributed by atoms with van der Waals surface area (Å²) in [6, 6.07) is 3.88. The van der Waals surface area contributed by atoms with Crippen molar-refractivity contribution < 1.29 is 65.2 Å². The van der Waals surface area contributed by atoms with Crippen LogP contribution in [0.15, 0.2) is 41.3 Å². The van der Waals surface area contributed by atoms with E-state index in [-0.39, 0.29) is 42.0 Å². The summed E-state index contributed by atoms with van der Waals surface area (Å²) in [6.07, 6.45) is -2.93. The summed E-state index contributed by atoms with van der Waals surface area (Å²) in [4.78, 5) is 36.9. The van der Waals surface area contributed by atoms with Crippen LogP contribution in [0.1, 0.15) is 49.4 Å². The van der Waals surface area contributed by atoms with Gasteiger partial charge >= 0.3 is 11.5 Å². The molecule has 2 fully saturated rings. The van der Waals surface area contributed by atoms with E-state index in [0.29, 0.717) is 25.0 Å². The van der Waals surface area contributed by atoms with Gasteiger partial charge in [0.2, 0.25) is 5.91 Å². The third-order valence-electron chi connectivity index (χ3n) is 8.39. The van der Waals surface area contributed by atoms with Gasteiger partial charge in [0.05, 0.1) is 47.2 Å². The molecule has 2 aromatic carbocycles. The number of hydrogen-bond donors (Lipinski definition) is 5. The van der Waals surface area contributed by atoms with E-state index in [9.17, 15) is 55.7 Å². The van der Waals surface area contributed by atoms with Crippen LogP contribution in [0.5, 0.6) is 11.5 Å². The van der Waals surface area contributed by atoms with Crippen LogP contribution >= 0.6 is 0 Å². The zero-order valence-corrected chi connectivity index (χ0v) is 25.3. The molecule has 2 aliphatic rings. The highest BCUT2D eigenvalue weighted by molar-refractivity contribution is 7.92. The molecule has 2 saturated carbocycles. The number of carbonyl (C=O) groups excluding carboxylic acids is 2. The molecule has 0 saturated heterocycles. The average Bonchev–Trinajstić information content (AvgIpc) is 3.27. The van der Waals surface area contributed by atoms with Crippen LogP contribution < -0.4 is 20.1 Å². The maximum atomic E-state index is 14.9. The number of ether oxygens (including phenoxy) is 2. The molecule has 252 valence electrons. The Balaban J connectivity index is 1.52. The van der Waals surface area contributed by atoms with Gasteiger partial charge in [0.1, 0.15) is 11.9 Å². The van der Waals surface area contributed by atoms with Gasteiger partial charge in [0, 0.05) is 11.8 Å². The molecule has 2 amide bonds. The molecule has 0 spiro atoms. The minimum atomic E-state index is -5.72. The van der Waals surface area contributed by atoms with E-state index < -0.39 is 79.5 Å². The van der Waals surface area contributed by atoms with Crippen molar-refractivity contribution >= 4 is 33.3 Å². The zero-order valence-electron chi connectivity index (χ0n) is 24.5. The van der Waals surface area contributed by atoms with Crippen molar-refractivity contribution in [3.8, 4) is 11.5 Å². The van der Waals surface area contributed by atoms with Gasteiger partial charge in [0.25, 0.3) is 15.7 Å². The fourth-order valence-electron chi connectivity index (χ4n) is 5.53. The van der Waals surface area contributed by atoms with Gasteiger partial charge in [0.15, 0.2) is 11.6 Å². The van der Waals surface area contributed by atoms with Crippen molar-refractivity contribution in [2.75, 3.05) is 12.4 Å². The second kappa shape index (κ2) is 13.0. The summed E-state index contributed by atoms with van der Waals surface area (Å²) >= 11 is 0. The number of methoxy groups -OCH3 is 1. The Bertz CT molecular complexity index is 1610. The number of sulfone groups is 1. The maximum absolute atomic E-state index is 14.9. The highest BCUT2D eigenvalue weighted by Crippen LogP contribution is 2.39. The van der Waals surface area contributed by atoms with E-state index in [1.165, 1.54) is 0 Å². The van der Waals surface area contributed by atoms with Crippen LogP contribution in [-0.4, -0.2) is 78.5 Å². The molecule has 0 aromatic heterocycles. The molecule has 0 heterocycles. The molecule has 12 nitrogen and oxygen atoms in total. The van der Waals surface area contributed by atoms with Crippen LogP contribution in [0.2, 0.25) is 0 Å². The van der Waals surface area contributed by atoms with Crippen molar-refractivity contribution in [2.45, 2.75) is 73.8 Å². The van der Waals surface area contributed by atoms with Gasteiger partial charge in [-0.25, -0.2) is 12.8 Å². The summed E-state index contributed by atoms with van der Waals surface area (Å²) in [7, 11) is -4.56. The fraction of sp³-hybridized carbons (Fsp3) is 0.483. The Hall–Kier alpha value is -3.96. The minimum Gasteiger partial charge on any atom is -0.496 e. The SMILES string of the molecule is COc1cc(F)c(OC2CCC(C)(C(=O)O)CC2)cc1C(=O)NC1C(C(=O)Nc2cccc(S(=O)(=O)C(F)(F)F)c2)CC(O)C1O. The topological polar surface area (TPSA) is 189 Å². The summed E-state index contributed by atoms with van der Waals surface area (Å²) in [5, 5.41) is 35.0. The molecule has 0 radical (unpaired) electrons. The molecule has 0 aliphatic heterocycles.